The number of carbonyl (C=O) groups excluding carboxylic acids is 1. The summed E-state index contributed by atoms with van der Waals surface area (Å²) in [6.45, 7) is 6.63. The number of aromatic nitrogens is 1. The second kappa shape index (κ2) is 8.30. The quantitative estimate of drug-likeness (QED) is 0.592. The Labute approximate surface area is 144 Å². The lowest BCUT2D eigenvalue weighted by Crippen LogP contribution is -2.17. The Kier molecular flexibility index (Phi) is 6.14. The molecule has 0 aliphatic carbocycles. The summed E-state index contributed by atoms with van der Waals surface area (Å²) in [5.41, 5.74) is 9.42. The van der Waals surface area contributed by atoms with Crippen LogP contribution in [0.25, 0.3) is 0 Å². The van der Waals surface area contributed by atoms with Gasteiger partial charge in [-0.15, -0.1) is 0 Å². The summed E-state index contributed by atoms with van der Waals surface area (Å²) in [6.07, 6.45) is 1.54. The lowest BCUT2D eigenvalue weighted by atomic mass is 10.2. The molecule has 7 nitrogen and oxygen atoms in total. The van der Waals surface area contributed by atoms with Gasteiger partial charge in [0.2, 0.25) is 0 Å². The van der Waals surface area contributed by atoms with E-state index in [0.717, 1.165) is 16.9 Å². The molecule has 2 rings (SSSR count). The minimum absolute atomic E-state index is 0.339. The van der Waals surface area contributed by atoms with Crippen LogP contribution in [0, 0.1) is 6.92 Å². The molecule has 1 heterocycles. The highest BCUT2D eigenvalue weighted by atomic mass is 32.1. The molecule has 128 valence electrons. The second-order valence-corrected chi connectivity index (χ2v) is 5.77. The predicted molar refractivity (Wildman–Crippen MR) is 95.1 cm³/mol. The van der Waals surface area contributed by atoms with Gasteiger partial charge in [0, 0.05) is 0 Å². The molecule has 8 heteroatoms. The average molecular weight is 348 g/mol. The number of thiazole rings is 1. The molecule has 0 radical (unpaired) electrons. The maximum absolute atomic E-state index is 12.0. The summed E-state index contributed by atoms with van der Waals surface area (Å²) in [4.78, 5) is 16.5. The Morgan fingerprint density at radius 3 is 2.67 bits per heavy atom. The number of ether oxygens (including phenoxy) is 2. The Hall–Kier alpha value is -2.61. The van der Waals surface area contributed by atoms with Crippen LogP contribution in [0.1, 0.15) is 34.8 Å². The molecule has 0 bridgehead atoms. The van der Waals surface area contributed by atoms with Crippen LogP contribution in [0.15, 0.2) is 23.3 Å². The number of nitrogen functional groups attached to an aromatic ring is 1. The number of benzene rings is 1. The number of nitrogens with two attached hydrogens (primary N) is 1. The van der Waals surface area contributed by atoms with Crippen LogP contribution in [0.2, 0.25) is 0 Å². The summed E-state index contributed by atoms with van der Waals surface area (Å²) in [5, 5.41) is 4.32. The zero-order valence-corrected chi connectivity index (χ0v) is 14.6. The Morgan fingerprint density at radius 1 is 1.33 bits per heavy atom. The van der Waals surface area contributed by atoms with E-state index < -0.39 is 0 Å². The van der Waals surface area contributed by atoms with Gasteiger partial charge in [0.15, 0.2) is 16.6 Å². The van der Waals surface area contributed by atoms with E-state index >= 15 is 0 Å². The molecular formula is C16H20N4O3S. The number of hydrazone groups is 1. The van der Waals surface area contributed by atoms with E-state index in [9.17, 15) is 4.79 Å². The highest BCUT2D eigenvalue weighted by Gasteiger charge is 2.13. The van der Waals surface area contributed by atoms with Gasteiger partial charge in [0.1, 0.15) is 4.88 Å². The van der Waals surface area contributed by atoms with Crippen LogP contribution >= 0.6 is 11.3 Å². The van der Waals surface area contributed by atoms with Crippen LogP contribution in [0.3, 0.4) is 0 Å². The van der Waals surface area contributed by atoms with Crippen molar-refractivity contribution >= 4 is 28.6 Å². The van der Waals surface area contributed by atoms with Crippen molar-refractivity contribution in [3.05, 3.63) is 34.3 Å². The summed E-state index contributed by atoms with van der Waals surface area (Å²) in [6, 6.07) is 5.45. The lowest BCUT2D eigenvalue weighted by molar-refractivity contribution is 0.0958. The monoisotopic (exact) mass is 348 g/mol. The highest BCUT2D eigenvalue weighted by molar-refractivity contribution is 7.17. The average Bonchev–Trinajstić information content (AvgIpc) is 2.89. The molecule has 0 saturated heterocycles. The van der Waals surface area contributed by atoms with Crippen LogP contribution in [0.4, 0.5) is 5.13 Å². The molecule has 0 saturated carbocycles. The Balaban J connectivity index is 2.07. The van der Waals surface area contributed by atoms with Gasteiger partial charge in [0.25, 0.3) is 5.91 Å². The van der Waals surface area contributed by atoms with E-state index in [4.69, 9.17) is 15.2 Å². The number of carbonyl (C=O) groups is 1. The zero-order valence-electron chi connectivity index (χ0n) is 13.8. The number of nitrogens with zero attached hydrogens (tertiary/aromatic N) is 2. The van der Waals surface area contributed by atoms with Crippen molar-refractivity contribution in [3.8, 4) is 11.5 Å². The molecule has 0 fully saturated rings. The predicted octanol–water partition coefficient (Wildman–Crippen LogP) is 2.60. The first-order valence-electron chi connectivity index (χ1n) is 7.51. The van der Waals surface area contributed by atoms with Crippen molar-refractivity contribution < 1.29 is 14.3 Å². The third-order valence-corrected chi connectivity index (χ3v) is 3.95. The molecule has 0 aliphatic heterocycles. The zero-order chi connectivity index (χ0) is 17.5. The normalized spacial score (nSPS) is 10.8. The van der Waals surface area contributed by atoms with E-state index in [-0.39, 0.29) is 5.91 Å². The van der Waals surface area contributed by atoms with E-state index in [1.54, 1.807) is 13.0 Å². The van der Waals surface area contributed by atoms with Crippen LogP contribution in [0.5, 0.6) is 11.5 Å². The standard InChI is InChI=1S/C16H20N4O3S/c1-4-22-12-7-6-11(8-13(12)23-5-2)9-18-20-15(21)14-10(3)19-16(17)24-14/h6-9H,4-5H2,1-3H3,(H2,17,19)(H,20,21). The topological polar surface area (TPSA) is 98.8 Å². The van der Waals surface area contributed by atoms with Crippen molar-refractivity contribution in [2.45, 2.75) is 20.8 Å². The van der Waals surface area contributed by atoms with E-state index in [0.29, 0.717) is 40.4 Å². The first kappa shape index (κ1) is 17.7. The maximum Gasteiger partial charge on any atom is 0.283 e. The van der Waals surface area contributed by atoms with Crippen molar-refractivity contribution in [1.82, 2.24) is 10.4 Å². The highest BCUT2D eigenvalue weighted by Crippen LogP contribution is 2.28. The van der Waals surface area contributed by atoms with Crippen LogP contribution < -0.4 is 20.6 Å². The van der Waals surface area contributed by atoms with Gasteiger partial charge < -0.3 is 15.2 Å². The first-order chi connectivity index (χ1) is 11.5. The molecule has 24 heavy (non-hydrogen) atoms. The van der Waals surface area contributed by atoms with Gasteiger partial charge in [0.05, 0.1) is 25.1 Å². The van der Waals surface area contributed by atoms with Gasteiger partial charge in [-0.2, -0.15) is 5.10 Å². The minimum atomic E-state index is -0.339. The summed E-state index contributed by atoms with van der Waals surface area (Å²) >= 11 is 1.13. The number of anilines is 1. The van der Waals surface area contributed by atoms with Crippen molar-refractivity contribution in [1.29, 1.82) is 0 Å². The van der Waals surface area contributed by atoms with Crippen molar-refractivity contribution in [2.24, 2.45) is 5.10 Å². The number of hydrogen-bond donors (Lipinski definition) is 2. The van der Waals surface area contributed by atoms with Gasteiger partial charge in [-0.3, -0.25) is 4.79 Å². The number of rotatable bonds is 7. The van der Waals surface area contributed by atoms with E-state index in [2.05, 4.69) is 15.5 Å². The SMILES string of the molecule is CCOc1ccc(C=NNC(=O)c2sc(N)nc2C)cc1OCC. The van der Waals surface area contributed by atoms with Gasteiger partial charge in [-0.25, -0.2) is 10.4 Å². The van der Waals surface area contributed by atoms with Gasteiger partial charge in [-0.05, 0) is 44.5 Å². The molecule has 0 spiro atoms. The molecule has 1 aromatic heterocycles. The molecule has 2 aromatic rings. The largest absolute Gasteiger partial charge is 0.490 e. The summed E-state index contributed by atoms with van der Waals surface area (Å²) < 4.78 is 11.1. The van der Waals surface area contributed by atoms with Crippen LogP contribution in [-0.2, 0) is 0 Å². The van der Waals surface area contributed by atoms with Crippen molar-refractivity contribution in [2.75, 3.05) is 18.9 Å². The number of hydrogen-bond acceptors (Lipinski definition) is 7. The van der Waals surface area contributed by atoms with Gasteiger partial charge >= 0.3 is 0 Å². The number of aryl methyl sites for hydroxylation is 1. The molecule has 1 aromatic carbocycles. The number of amides is 1. The molecule has 3 N–H and O–H groups in total. The van der Waals surface area contributed by atoms with E-state index in [1.807, 2.05) is 26.0 Å². The third kappa shape index (κ3) is 4.45. The fourth-order valence-corrected chi connectivity index (χ4v) is 2.72. The summed E-state index contributed by atoms with van der Waals surface area (Å²) in [7, 11) is 0. The molecular weight excluding hydrogens is 328 g/mol. The molecule has 0 atom stereocenters. The fraction of sp³-hybridized carbons (Fsp3) is 0.312. The number of nitrogens with one attached hydrogen (secondary N) is 1. The minimum Gasteiger partial charge on any atom is -0.490 e. The summed E-state index contributed by atoms with van der Waals surface area (Å²) in [5.74, 6) is 0.978. The smallest absolute Gasteiger partial charge is 0.283 e. The third-order valence-electron chi connectivity index (χ3n) is 2.97. The lowest BCUT2D eigenvalue weighted by Gasteiger charge is -2.11. The maximum atomic E-state index is 12.0. The first-order valence-corrected chi connectivity index (χ1v) is 8.32. The van der Waals surface area contributed by atoms with E-state index in [1.165, 1.54) is 6.21 Å². The Morgan fingerprint density at radius 2 is 2.04 bits per heavy atom. The Bertz CT molecular complexity index is 743. The molecule has 0 aliphatic rings. The van der Waals surface area contributed by atoms with Crippen LogP contribution in [-0.4, -0.2) is 30.3 Å². The van der Waals surface area contributed by atoms with Gasteiger partial charge in [-0.1, -0.05) is 11.3 Å². The fourth-order valence-electron chi connectivity index (χ4n) is 1.99. The van der Waals surface area contributed by atoms with Crippen molar-refractivity contribution in [3.63, 3.8) is 0 Å². The second-order valence-electron chi connectivity index (χ2n) is 4.74. The molecule has 1 amide bonds. The molecule has 0 unspecified atom stereocenters.